The third-order valence-electron chi connectivity index (χ3n) is 6.10. The van der Waals surface area contributed by atoms with Crippen LogP contribution < -0.4 is 13.3 Å². The van der Waals surface area contributed by atoms with Crippen molar-refractivity contribution in [2.24, 2.45) is 34.5 Å². The minimum atomic E-state index is -0.752. The molecule has 0 radical (unpaired) electrons. The Hall–Kier alpha value is 1.79. The average molecular weight is 1490 g/mol. The summed E-state index contributed by atoms with van der Waals surface area (Å²) in [6.45, 7) is 37.1. The first kappa shape index (κ1) is 68.5. The van der Waals surface area contributed by atoms with Crippen molar-refractivity contribution in [3.63, 3.8) is 0 Å². The van der Waals surface area contributed by atoms with E-state index in [1.165, 1.54) is 6.42 Å². The summed E-state index contributed by atoms with van der Waals surface area (Å²) in [4.78, 5) is 33.2. The van der Waals surface area contributed by atoms with Crippen molar-refractivity contribution >= 4 is 66.6 Å². The number of hydrogen-bond acceptors (Lipinski definition) is 10. The summed E-state index contributed by atoms with van der Waals surface area (Å²) in [5.74, 6) is 1.14. The van der Waals surface area contributed by atoms with Gasteiger partial charge in [0.15, 0.2) is 0 Å². The van der Waals surface area contributed by atoms with Gasteiger partial charge in [0.2, 0.25) is 0 Å². The molecule has 0 aromatic rings. The molecule has 0 amide bonds. The summed E-state index contributed by atoms with van der Waals surface area (Å²) in [6.07, 6.45) is 4.99. The van der Waals surface area contributed by atoms with E-state index in [2.05, 4.69) is 97.4 Å². The maximum Gasteiger partial charge on any atom is 0.0462 e. The summed E-state index contributed by atoms with van der Waals surface area (Å²) < 4.78 is 25.2. The van der Waals surface area contributed by atoms with Crippen molar-refractivity contribution in [1.82, 2.24) is 0 Å². The topological polar surface area (TPSA) is 138 Å². The first-order chi connectivity index (χ1) is 23.7. The molecule has 0 aromatic carbocycles. The monoisotopic (exact) mass is 1490 g/mol. The molecule has 2 saturated carbocycles. The number of rotatable bonds is 6. The first-order valence-corrected chi connectivity index (χ1v) is 31.0. The molecule has 4 unspecified atom stereocenters. The van der Waals surface area contributed by atoms with E-state index in [4.69, 9.17) is 40.8 Å². The Morgan fingerprint density at radius 2 is 0.800 bits per heavy atom. The number of ether oxygens (including phenoxy) is 5. The van der Waals surface area contributed by atoms with Crippen LogP contribution in [0.5, 0.6) is 0 Å². The van der Waals surface area contributed by atoms with E-state index in [0.717, 1.165) is 32.1 Å². The zero-order chi connectivity index (χ0) is 42.9. The summed E-state index contributed by atoms with van der Waals surface area (Å²) in [6, 6.07) is 0. The second kappa shape index (κ2) is 35.4. The van der Waals surface area contributed by atoms with Gasteiger partial charge in [0.1, 0.15) is 16.8 Å². The van der Waals surface area contributed by atoms with E-state index in [1.54, 1.807) is 62.3 Å². The Balaban J connectivity index is -0.000000155. The van der Waals surface area contributed by atoms with Crippen LogP contribution in [0.15, 0.2) is 0 Å². The van der Waals surface area contributed by atoms with Gasteiger partial charge in [-0.2, -0.15) is 10.8 Å². The quantitative estimate of drug-likeness (QED) is 0.0871. The predicted octanol–water partition coefficient (Wildman–Crippen LogP) is 9.36. The van der Waals surface area contributed by atoms with Crippen molar-refractivity contribution in [3.8, 4) is 0 Å². The van der Waals surface area contributed by atoms with Crippen LogP contribution in [0.2, 0.25) is 0 Å². The third-order valence-corrected chi connectivity index (χ3v) is 6.18. The van der Waals surface area contributed by atoms with E-state index < -0.39 is 34.5 Å². The van der Waals surface area contributed by atoms with E-state index >= 15 is 0 Å². The molecule has 2 rings (SSSR count). The molecular weight excluding hydrogens is 1410 g/mol. The van der Waals surface area contributed by atoms with Gasteiger partial charge in [-0.15, -0.1) is 0 Å². The van der Waals surface area contributed by atoms with Crippen LogP contribution in [0.1, 0.15) is 142 Å². The number of carbonyl (C=O) groups is 3. The Bertz CT molecular complexity index is 890. The summed E-state index contributed by atoms with van der Waals surface area (Å²) in [7, 11) is 0. The standard InChI is InChI=1S/C17H30O6.C7H14O2.C5H9ClO2.2C5H11.I3.2W/c1-16(2,3)22-14(18)20-10-12-8-7-9-13(12)11-21-15(19)23-17(4,5)6;8-4-6-2-1-3-7(6)5-9;1-5(2,3)8-4(6)7;2*1-5(2,3)4;1-3-2;;/h12-13H,7-11H2,1-6H3;6-9H,1-5H2;1-3H3;2*1H2,2-4H3;;;/q;;;3*-1;;. The number of aliphatic hydroxyl groups is 2. The van der Waals surface area contributed by atoms with Gasteiger partial charge in [0.25, 0.3) is 0 Å². The summed E-state index contributed by atoms with van der Waals surface area (Å²) in [5.41, 5.74) is -1.84. The zero-order valence-corrected chi connectivity index (χ0v) is 49.4. The first-order valence-electron chi connectivity index (χ1n) is 18.1. The number of hydrogen-bond donors (Lipinski definition) is 2. The molecule has 334 valence electrons. The molecule has 0 spiro atoms. The maximum absolute atomic E-state index is 11.6. The van der Waals surface area contributed by atoms with E-state index in [-0.39, 0.29) is 91.2 Å². The van der Waals surface area contributed by atoms with Crippen LogP contribution in [0.3, 0.4) is 0 Å². The second-order valence-electron chi connectivity index (χ2n) is 18.4. The molecule has 2 N–H and O–H groups in total. The molecule has 0 aliphatic heterocycles. The van der Waals surface area contributed by atoms with Gasteiger partial charge >= 0.3 is 68.2 Å². The molecule has 0 aromatic heterocycles. The Labute approximate surface area is 399 Å². The zero-order valence-electron chi connectivity index (χ0n) is 36.3. The van der Waals surface area contributed by atoms with Crippen LogP contribution in [0, 0.1) is 48.3 Å². The summed E-state index contributed by atoms with van der Waals surface area (Å²) in [5, 5.41) is 17.5. The van der Waals surface area contributed by atoms with Crippen molar-refractivity contribution in [2.75, 3.05) is 26.4 Å². The van der Waals surface area contributed by atoms with Crippen molar-refractivity contribution in [1.29, 1.82) is 0 Å². The Morgan fingerprint density at radius 3 is 0.964 bits per heavy atom. The fourth-order valence-electron chi connectivity index (χ4n) is 4.30. The molecule has 0 saturated heterocycles. The second-order valence-corrected chi connectivity index (χ2v) is 35.0. The van der Waals surface area contributed by atoms with Crippen LogP contribution in [-0.4, -0.2) is 71.2 Å². The Morgan fingerprint density at radius 1 is 0.582 bits per heavy atom. The molecular formula is C39H75ClI3O10W2-3. The van der Waals surface area contributed by atoms with Crippen LogP contribution in [0.4, 0.5) is 14.4 Å². The van der Waals surface area contributed by atoms with E-state index in [9.17, 15) is 14.4 Å². The van der Waals surface area contributed by atoms with E-state index in [1.807, 2.05) is 0 Å². The normalized spacial score (nSPS) is 19.0. The van der Waals surface area contributed by atoms with Gasteiger partial charge in [0.05, 0.1) is 13.2 Å². The summed E-state index contributed by atoms with van der Waals surface area (Å²) >= 11 is 10.2. The molecule has 0 bridgehead atoms. The van der Waals surface area contributed by atoms with Crippen LogP contribution in [-0.2, 0) is 65.8 Å². The van der Waals surface area contributed by atoms with Gasteiger partial charge in [-0.25, -0.2) is 14.4 Å². The SMILES string of the molecule is CC(C)(C)OC(=O)Cl.CC(C)(C)OC(=O)OCC1CCCC1COC(=O)OC(C)(C)C.I[I-]I.OCC1CCCC1CO.[CH2-]C(C)(C)C.[CH2-]C(C)(C)C.[W].[W]. The fraction of sp³-hybridized carbons (Fsp3) is 0.872. The Kier molecular flexibility index (Phi) is 44.1. The van der Waals surface area contributed by atoms with Gasteiger partial charge in [-0.3, -0.25) is 0 Å². The van der Waals surface area contributed by atoms with Gasteiger partial charge in [-0.1, -0.05) is 54.4 Å². The molecule has 10 nitrogen and oxygen atoms in total. The molecule has 2 aliphatic rings. The van der Waals surface area contributed by atoms with E-state index in [0.29, 0.717) is 25.1 Å². The van der Waals surface area contributed by atoms with Crippen molar-refractivity contribution in [2.45, 2.75) is 159 Å². The minimum Gasteiger partial charge on any atom is -0.396 e. The van der Waals surface area contributed by atoms with Crippen LogP contribution in [0.25, 0.3) is 0 Å². The van der Waals surface area contributed by atoms with Crippen molar-refractivity contribution in [3.05, 3.63) is 13.8 Å². The third kappa shape index (κ3) is 62.6. The predicted molar refractivity (Wildman–Crippen MR) is 230 cm³/mol. The minimum absolute atomic E-state index is 0. The molecule has 55 heavy (non-hydrogen) atoms. The molecule has 4 atom stereocenters. The molecule has 16 heteroatoms. The largest absolute Gasteiger partial charge is 0.396 e. The average Bonchev–Trinajstić information content (AvgIpc) is 3.55. The fourth-order valence-corrected chi connectivity index (χ4v) is 4.53. The van der Waals surface area contributed by atoms with Gasteiger partial charge in [0, 0.05) is 66.9 Å². The van der Waals surface area contributed by atoms with Crippen LogP contribution >= 0.6 is 48.8 Å². The smallest absolute Gasteiger partial charge is 0.0462 e. The maximum atomic E-state index is 11.6. The molecule has 0 heterocycles. The molecule has 2 fully saturated rings. The number of carbonyl (C=O) groups excluding carboxylic acids is 3. The number of aliphatic hydroxyl groups excluding tert-OH is 2. The van der Waals surface area contributed by atoms with Gasteiger partial charge in [-0.05, 0) is 112 Å². The van der Waals surface area contributed by atoms with Crippen molar-refractivity contribution < 1.29 is 104 Å². The molecule has 2 aliphatic carbocycles. The number of halogens is 4. The van der Waals surface area contributed by atoms with Gasteiger partial charge < -0.3 is 47.7 Å².